The second-order valence-electron chi connectivity index (χ2n) is 5.99. The molecule has 0 aliphatic rings. The van der Waals surface area contributed by atoms with E-state index in [9.17, 15) is 14.7 Å². The number of nitrogens with one attached hydrogen (secondary N) is 1. The minimum atomic E-state index is -0.611. The van der Waals surface area contributed by atoms with Crippen LogP contribution >= 0.6 is 0 Å². The van der Waals surface area contributed by atoms with Crippen LogP contribution in [0.25, 0.3) is 0 Å². The second kappa shape index (κ2) is 8.41. The first-order valence-corrected chi connectivity index (χ1v) is 7.49. The third-order valence-corrected chi connectivity index (χ3v) is 3.44. The second-order valence-corrected chi connectivity index (χ2v) is 5.99. The van der Waals surface area contributed by atoms with Crippen LogP contribution in [0.1, 0.15) is 32.8 Å². The molecule has 122 valence electrons. The Kier molecular flexibility index (Phi) is 6.89. The van der Waals surface area contributed by atoms with Crippen LogP contribution in [0.15, 0.2) is 24.3 Å². The fourth-order valence-electron chi connectivity index (χ4n) is 2.22. The van der Waals surface area contributed by atoms with Crippen LogP contribution in [0.5, 0.6) is 5.75 Å². The van der Waals surface area contributed by atoms with E-state index >= 15 is 0 Å². The molecule has 0 fully saturated rings. The topological polar surface area (TPSA) is 75.6 Å². The van der Waals surface area contributed by atoms with E-state index in [0.29, 0.717) is 12.8 Å². The number of benzene rings is 1. The Balaban J connectivity index is 2.64. The Morgan fingerprint density at radius 2 is 1.77 bits per heavy atom. The Hall–Kier alpha value is -2.04. The average molecular weight is 307 g/mol. The van der Waals surface area contributed by atoms with Crippen LogP contribution in [0.2, 0.25) is 0 Å². The lowest BCUT2D eigenvalue weighted by molar-refractivity contribution is -0.146. The number of esters is 1. The Morgan fingerprint density at radius 3 is 2.27 bits per heavy atom. The molecule has 0 saturated heterocycles. The van der Waals surface area contributed by atoms with E-state index in [-0.39, 0.29) is 23.5 Å². The van der Waals surface area contributed by atoms with Crippen LogP contribution in [0, 0.1) is 11.8 Å². The predicted molar refractivity (Wildman–Crippen MR) is 84.4 cm³/mol. The van der Waals surface area contributed by atoms with Crippen molar-refractivity contribution in [1.29, 1.82) is 0 Å². The normalized spacial score (nSPS) is 13.5. The zero-order valence-corrected chi connectivity index (χ0v) is 13.6. The van der Waals surface area contributed by atoms with E-state index in [1.165, 1.54) is 7.11 Å². The quantitative estimate of drug-likeness (QED) is 0.758. The molecule has 1 amide bonds. The minimum Gasteiger partial charge on any atom is -0.508 e. The largest absolute Gasteiger partial charge is 0.508 e. The Morgan fingerprint density at radius 1 is 1.18 bits per heavy atom. The molecule has 0 radical (unpaired) electrons. The highest BCUT2D eigenvalue weighted by atomic mass is 16.5. The summed E-state index contributed by atoms with van der Waals surface area (Å²) in [5.74, 6) is -0.396. The third kappa shape index (κ3) is 5.76. The fraction of sp³-hybridized carbons (Fsp3) is 0.529. The maximum absolute atomic E-state index is 12.3. The zero-order valence-electron chi connectivity index (χ0n) is 13.6. The molecule has 5 heteroatoms. The average Bonchev–Trinajstić information content (AvgIpc) is 2.47. The van der Waals surface area contributed by atoms with Gasteiger partial charge in [-0.3, -0.25) is 4.79 Å². The number of carbonyl (C=O) groups is 2. The molecule has 0 bridgehead atoms. The molecule has 0 aliphatic heterocycles. The van der Waals surface area contributed by atoms with Gasteiger partial charge in [-0.1, -0.05) is 32.9 Å². The van der Waals surface area contributed by atoms with Gasteiger partial charge in [0.2, 0.25) is 5.91 Å². The molecule has 0 saturated carbocycles. The van der Waals surface area contributed by atoms with Gasteiger partial charge in [0, 0.05) is 5.92 Å². The summed E-state index contributed by atoms with van der Waals surface area (Å²) in [6.07, 6.45) is 1.09. The molecule has 0 unspecified atom stereocenters. The van der Waals surface area contributed by atoms with Crippen molar-refractivity contribution in [3.05, 3.63) is 29.8 Å². The van der Waals surface area contributed by atoms with Gasteiger partial charge in [-0.2, -0.15) is 0 Å². The van der Waals surface area contributed by atoms with Gasteiger partial charge >= 0.3 is 5.97 Å². The molecule has 5 nitrogen and oxygen atoms in total. The van der Waals surface area contributed by atoms with Crippen molar-refractivity contribution in [2.45, 2.75) is 39.7 Å². The standard InChI is InChI=1S/C17H25NO4/c1-11(2)9-15(17(21)22-4)18-16(20)12(3)10-13-5-7-14(19)8-6-13/h5-8,11-12,15,19H,9-10H2,1-4H3,(H,18,20)/t12-,15-/m0/s1. The summed E-state index contributed by atoms with van der Waals surface area (Å²) in [5.41, 5.74) is 0.957. The maximum atomic E-state index is 12.3. The van der Waals surface area contributed by atoms with E-state index in [2.05, 4.69) is 5.32 Å². The Bertz CT molecular complexity index is 496. The smallest absolute Gasteiger partial charge is 0.328 e. The molecule has 0 spiro atoms. The summed E-state index contributed by atoms with van der Waals surface area (Å²) in [4.78, 5) is 24.0. The number of hydrogen-bond donors (Lipinski definition) is 2. The first-order valence-electron chi connectivity index (χ1n) is 7.49. The van der Waals surface area contributed by atoms with E-state index in [1.54, 1.807) is 24.3 Å². The number of hydrogen-bond acceptors (Lipinski definition) is 4. The number of phenolic OH excluding ortho intramolecular Hbond substituents is 1. The first kappa shape index (κ1) is 18.0. The van der Waals surface area contributed by atoms with Crippen LogP contribution in [0.4, 0.5) is 0 Å². The van der Waals surface area contributed by atoms with Crippen molar-refractivity contribution in [2.24, 2.45) is 11.8 Å². The first-order chi connectivity index (χ1) is 10.3. The number of amides is 1. The van der Waals surface area contributed by atoms with Crippen LogP contribution in [-0.2, 0) is 20.7 Å². The van der Waals surface area contributed by atoms with Crippen molar-refractivity contribution in [1.82, 2.24) is 5.32 Å². The summed E-state index contributed by atoms with van der Waals surface area (Å²) in [5, 5.41) is 12.0. The highest BCUT2D eigenvalue weighted by Gasteiger charge is 2.24. The van der Waals surface area contributed by atoms with Gasteiger partial charge in [-0.25, -0.2) is 4.79 Å². The van der Waals surface area contributed by atoms with Crippen LogP contribution in [0.3, 0.4) is 0 Å². The van der Waals surface area contributed by atoms with E-state index in [1.807, 2.05) is 20.8 Å². The van der Waals surface area contributed by atoms with Crippen LogP contribution < -0.4 is 5.32 Å². The van der Waals surface area contributed by atoms with Gasteiger partial charge in [0.25, 0.3) is 0 Å². The summed E-state index contributed by atoms with van der Waals surface area (Å²) in [6.45, 7) is 5.79. The zero-order chi connectivity index (χ0) is 16.7. The number of aromatic hydroxyl groups is 1. The number of phenols is 1. The molecule has 0 heterocycles. The van der Waals surface area contributed by atoms with Gasteiger partial charge in [-0.15, -0.1) is 0 Å². The van der Waals surface area contributed by atoms with Gasteiger partial charge in [0.1, 0.15) is 11.8 Å². The van der Waals surface area contributed by atoms with E-state index in [0.717, 1.165) is 5.56 Å². The number of ether oxygens (including phenoxy) is 1. The highest BCUT2D eigenvalue weighted by molar-refractivity contribution is 5.85. The fourth-order valence-corrected chi connectivity index (χ4v) is 2.22. The maximum Gasteiger partial charge on any atom is 0.328 e. The van der Waals surface area contributed by atoms with Crippen molar-refractivity contribution < 1.29 is 19.4 Å². The van der Waals surface area contributed by atoms with Gasteiger partial charge in [-0.05, 0) is 36.5 Å². The lowest BCUT2D eigenvalue weighted by Crippen LogP contribution is -2.44. The molecule has 2 N–H and O–H groups in total. The molecule has 0 aromatic heterocycles. The van der Waals surface area contributed by atoms with Crippen molar-refractivity contribution in [3.63, 3.8) is 0 Å². The lowest BCUT2D eigenvalue weighted by atomic mass is 9.98. The predicted octanol–water partition coefficient (Wildman–Crippen LogP) is 2.27. The molecule has 1 rings (SSSR count). The number of carbonyl (C=O) groups excluding carboxylic acids is 2. The van der Waals surface area contributed by atoms with E-state index in [4.69, 9.17) is 4.74 Å². The van der Waals surface area contributed by atoms with Crippen molar-refractivity contribution in [2.75, 3.05) is 7.11 Å². The van der Waals surface area contributed by atoms with Crippen molar-refractivity contribution in [3.8, 4) is 5.75 Å². The van der Waals surface area contributed by atoms with Gasteiger partial charge in [0.15, 0.2) is 0 Å². The number of rotatable bonds is 7. The van der Waals surface area contributed by atoms with E-state index < -0.39 is 12.0 Å². The summed E-state index contributed by atoms with van der Waals surface area (Å²) in [7, 11) is 1.32. The molecule has 0 aliphatic carbocycles. The van der Waals surface area contributed by atoms with Crippen molar-refractivity contribution >= 4 is 11.9 Å². The minimum absolute atomic E-state index is 0.177. The molecular weight excluding hydrogens is 282 g/mol. The summed E-state index contributed by atoms with van der Waals surface area (Å²) < 4.78 is 4.74. The number of methoxy groups -OCH3 is 1. The van der Waals surface area contributed by atoms with Gasteiger partial charge in [0.05, 0.1) is 7.11 Å². The monoisotopic (exact) mass is 307 g/mol. The SMILES string of the molecule is COC(=O)[C@H](CC(C)C)NC(=O)[C@@H](C)Cc1ccc(O)cc1. The Labute approximate surface area is 131 Å². The summed E-state index contributed by atoms with van der Waals surface area (Å²) in [6, 6.07) is 6.14. The van der Waals surface area contributed by atoms with Gasteiger partial charge < -0.3 is 15.2 Å². The highest BCUT2D eigenvalue weighted by Crippen LogP contribution is 2.14. The molecule has 1 aromatic rings. The van der Waals surface area contributed by atoms with Crippen LogP contribution in [-0.4, -0.2) is 30.1 Å². The summed E-state index contributed by atoms with van der Waals surface area (Å²) >= 11 is 0. The lowest BCUT2D eigenvalue weighted by Gasteiger charge is -2.20. The molecule has 22 heavy (non-hydrogen) atoms. The molecular formula is C17H25NO4. The third-order valence-electron chi connectivity index (χ3n) is 3.44. The molecule has 2 atom stereocenters. The molecule has 1 aromatic carbocycles.